The van der Waals surface area contributed by atoms with Gasteiger partial charge in [-0.3, -0.25) is 0 Å². The number of rotatable bonds is 6. The average Bonchev–Trinajstić information content (AvgIpc) is 3.23. The van der Waals surface area contributed by atoms with Gasteiger partial charge >= 0.3 is 0 Å². The lowest BCUT2D eigenvalue weighted by atomic mass is 10.1. The zero-order chi connectivity index (χ0) is 13.4. The fourth-order valence-corrected chi connectivity index (χ4v) is 2.68. The van der Waals surface area contributed by atoms with Crippen LogP contribution in [0.15, 0.2) is 18.2 Å². The van der Waals surface area contributed by atoms with E-state index in [1.54, 1.807) is 13.0 Å². The minimum absolute atomic E-state index is 0.195. The number of halogens is 1. The zero-order valence-corrected chi connectivity index (χ0v) is 11.5. The molecule has 1 unspecified atom stereocenters. The Morgan fingerprint density at radius 2 is 1.79 bits per heavy atom. The van der Waals surface area contributed by atoms with Gasteiger partial charge in [-0.15, -0.1) is 0 Å². The monoisotopic (exact) mass is 263 g/mol. The summed E-state index contributed by atoms with van der Waals surface area (Å²) in [6.45, 7) is 3.60. The van der Waals surface area contributed by atoms with E-state index >= 15 is 0 Å². The molecular weight excluding hydrogens is 241 g/mol. The molecule has 19 heavy (non-hydrogen) atoms. The molecule has 1 aromatic rings. The second-order valence-corrected chi connectivity index (χ2v) is 6.15. The average molecular weight is 263 g/mol. The molecule has 2 saturated carbocycles. The van der Waals surface area contributed by atoms with Crippen LogP contribution in [0.4, 0.5) is 10.1 Å². The van der Waals surface area contributed by atoms with Gasteiger partial charge in [-0.25, -0.2) is 4.39 Å². The highest BCUT2D eigenvalue weighted by atomic mass is 19.1. The van der Waals surface area contributed by atoms with Crippen LogP contribution in [0.1, 0.15) is 44.3 Å². The van der Waals surface area contributed by atoms with E-state index in [2.05, 4.69) is 4.90 Å². The number of nitrogens with zero attached hydrogens (tertiary/aromatic N) is 1. The maximum absolute atomic E-state index is 14.2. The van der Waals surface area contributed by atoms with Crippen molar-refractivity contribution in [3.8, 4) is 0 Å². The van der Waals surface area contributed by atoms with Gasteiger partial charge in [0.2, 0.25) is 0 Å². The van der Waals surface area contributed by atoms with Crippen LogP contribution in [-0.2, 0) is 0 Å². The van der Waals surface area contributed by atoms with Crippen molar-refractivity contribution in [1.29, 1.82) is 0 Å². The number of para-hydroxylation sites is 1. The van der Waals surface area contributed by atoms with Crippen molar-refractivity contribution in [2.45, 2.75) is 38.7 Å². The summed E-state index contributed by atoms with van der Waals surface area (Å²) in [6.07, 6.45) is 4.44. The van der Waals surface area contributed by atoms with Crippen LogP contribution in [0.3, 0.4) is 0 Å². The molecule has 104 valence electrons. The van der Waals surface area contributed by atoms with Crippen molar-refractivity contribution in [2.24, 2.45) is 11.8 Å². The van der Waals surface area contributed by atoms with E-state index in [0.717, 1.165) is 30.5 Å². The van der Waals surface area contributed by atoms with Crippen molar-refractivity contribution in [3.63, 3.8) is 0 Å². The highest BCUT2D eigenvalue weighted by Gasteiger charge is 2.31. The Balaban J connectivity index is 1.89. The number of aliphatic hydroxyl groups excluding tert-OH is 1. The summed E-state index contributed by atoms with van der Waals surface area (Å²) < 4.78 is 14.2. The highest BCUT2D eigenvalue weighted by molar-refractivity contribution is 5.56. The molecule has 3 heteroatoms. The maximum Gasteiger partial charge on any atom is 0.146 e. The molecule has 0 aromatic heterocycles. The van der Waals surface area contributed by atoms with Gasteiger partial charge in [0.25, 0.3) is 0 Å². The van der Waals surface area contributed by atoms with Crippen molar-refractivity contribution in [2.75, 3.05) is 18.0 Å². The molecule has 0 radical (unpaired) electrons. The molecule has 1 atom stereocenters. The van der Waals surface area contributed by atoms with Crippen molar-refractivity contribution < 1.29 is 9.50 Å². The van der Waals surface area contributed by atoms with E-state index in [1.165, 1.54) is 31.7 Å². The van der Waals surface area contributed by atoms with Crippen LogP contribution in [0.5, 0.6) is 0 Å². The molecule has 2 fully saturated rings. The van der Waals surface area contributed by atoms with Crippen molar-refractivity contribution in [1.82, 2.24) is 0 Å². The van der Waals surface area contributed by atoms with Crippen LogP contribution in [0.25, 0.3) is 0 Å². The summed E-state index contributed by atoms with van der Waals surface area (Å²) in [4.78, 5) is 2.19. The fraction of sp³-hybridized carbons (Fsp3) is 0.625. The first kappa shape index (κ1) is 12.9. The molecule has 0 heterocycles. The van der Waals surface area contributed by atoms with E-state index in [1.807, 2.05) is 6.07 Å². The third-order valence-corrected chi connectivity index (χ3v) is 4.14. The smallest absolute Gasteiger partial charge is 0.146 e. The highest BCUT2D eigenvalue weighted by Crippen LogP contribution is 2.38. The maximum atomic E-state index is 14.2. The Hall–Kier alpha value is -1.09. The third-order valence-electron chi connectivity index (χ3n) is 4.14. The van der Waals surface area contributed by atoms with Gasteiger partial charge in [0, 0.05) is 18.7 Å². The molecule has 0 amide bonds. The molecule has 1 aromatic carbocycles. The van der Waals surface area contributed by atoms with Gasteiger partial charge in [0.05, 0.1) is 11.8 Å². The Labute approximate surface area is 114 Å². The lowest BCUT2D eigenvalue weighted by Gasteiger charge is -2.28. The summed E-state index contributed by atoms with van der Waals surface area (Å²) >= 11 is 0. The predicted octanol–water partition coefficient (Wildman–Crippen LogP) is 3.51. The quantitative estimate of drug-likeness (QED) is 0.849. The summed E-state index contributed by atoms with van der Waals surface area (Å²) in [6, 6.07) is 5.04. The lowest BCUT2D eigenvalue weighted by molar-refractivity contribution is 0.199. The van der Waals surface area contributed by atoms with Gasteiger partial charge in [-0.05, 0) is 50.5 Å². The van der Waals surface area contributed by atoms with Gasteiger partial charge in [0.15, 0.2) is 0 Å². The SMILES string of the molecule is CC(O)c1cccc(F)c1N(CC1CC1)CC1CC1. The minimum atomic E-state index is -0.619. The largest absolute Gasteiger partial charge is 0.389 e. The molecule has 0 saturated heterocycles. The Morgan fingerprint density at radius 1 is 1.21 bits per heavy atom. The third kappa shape index (κ3) is 3.08. The zero-order valence-electron chi connectivity index (χ0n) is 11.5. The van der Waals surface area contributed by atoms with Crippen LogP contribution >= 0.6 is 0 Å². The number of benzene rings is 1. The lowest BCUT2D eigenvalue weighted by Crippen LogP contribution is -2.30. The summed E-state index contributed by atoms with van der Waals surface area (Å²) in [7, 11) is 0. The van der Waals surface area contributed by atoms with Crippen molar-refractivity contribution in [3.05, 3.63) is 29.6 Å². The summed E-state index contributed by atoms with van der Waals surface area (Å²) in [5.41, 5.74) is 1.36. The normalized spacial score (nSPS) is 20.4. The Morgan fingerprint density at radius 3 is 2.26 bits per heavy atom. The van der Waals surface area contributed by atoms with Gasteiger partial charge in [-0.1, -0.05) is 12.1 Å². The van der Waals surface area contributed by atoms with E-state index in [9.17, 15) is 9.50 Å². The summed E-state index contributed by atoms with van der Waals surface area (Å²) in [5, 5.41) is 9.88. The van der Waals surface area contributed by atoms with E-state index in [0.29, 0.717) is 5.69 Å². The topological polar surface area (TPSA) is 23.5 Å². The Kier molecular flexibility index (Phi) is 3.48. The van der Waals surface area contributed by atoms with E-state index < -0.39 is 6.10 Å². The number of hydrogen-bond donors (Lipinski definition) is 1. The fourth-order valence-electron chi connectivity index (χ4n) is 2.68. The molecule has 0 spiro atoms. The second kappa shape index (κ2) is 5.12. The molecule has 0 aliphatic heterocycles. The molecule has 3 rings (SSSR count). The molecule has 2 nitrogen and oxygen atoms in total. The van der Waals surface area contributed by atoms with Gasteiger partial charge in [0.1, 0.15) is 5.82 Å². The number of anilines is 1. The Bertz CT molecular complexity index is 438. The first-order chi connectivity index (χ1) is 9.15. The molecular formula is C16H22FNO. The van der Waals surface area contributed by atoms with Crippen LogP contribution in [0, 0.1) is 17.7 Å². The van der Waals surface area contributed by atoms with E-state index in [4.69, 9.17) is 0 Å². The first-order valence-corrected chi connectivity index (χ1v) is 7.36. The van der Waals surface area contributed by atoms with Crippen LogP contribution in [0.2, 0.25) is 0 Å². The van der Waals surface area contributed by atoms with Gasteiger partial charge in [-0.2, -0.15) is 0 Å². The molecule has 0 bridgehead atoms. The van der Waals surface area contributed by atoms with Crippen molar-refractivity contribution >= 4 is 5.69 Å². The first-order valence-electron chi connectivity index (χ1n) is 7.36. The molecule has 2 aliphatic carbocycles. The molecule has 2 aliphatic rings. The minimum Gasteiger partial charge on any atom is -0.389 e. The van der Waals surface area contributed by atoms with E-state index in [-0.39, 0.29) is 5.82 Å². The standard InChI is InChI=1S/C16H22FNO/c1-11(19)14-3-2-4-15(17)16(14)18(9-12-5-6-12)10-13-7-8-13/h2-4,11-13,19H,5-10H2,1H3. The predicted molar refractivity (Wildman–Crippen MR) is 74.7 cm³/mol. The number of hydrogen-bond acceptors (Lipinski definition) is 2. The van der Waals surface area contributed by atoms with Gasteiger partial charge < -0.3 is 10.0 Å². The van der Waals surface area contributed by atoms with Crippen LogP contribution in [-0.4, -0.2) is 18.2 Å². The molecule has 1 N–H and O–H groups in total. The summed E-state index contributed by atoms with van der Waals surface area (Å²) in [5.74, 6) is 1.25. The number of aliphatic hydroxyl groups is 1. The second-order valence-electron chi connectivity index (χ2n) is 6.15. The van der Waals surface area contributed by atoms with Crippen LogP contribution < -0.4 is 4.90 Å².